The third kappa shape index (κ3) is 2.71. The van der Waals surface area contributed by atoms with Crippen molar-refractivity contribution in [1.29, 1.82) is 0 Å². The molecule has 0 aliphatic heterocycles. The summed E-state index contributed by atoms with van der Waals surface area (Å²) in [5.41, 5.74) is 0.282. The van der Waals surface area contributed by atoms with Crippen LogP contribution in [0.1, 0.15) is 5.56 Å². The Morgan fingerprint density at radius 2 is 2.17 bits per heavy atom. The number of hydrogen-bond acceptors (Lipinski definition) is 5. The van der Waals surface area contributed by atoms with Crippen molar-refractivity contribution in [3.63, 3.8) is 0 Å². The van der Waals surface area contributed by atoms with E-state index >= 15 is 0 Å². The Kier molecular flexibility index (Phi) is 3.42. The lowest BCUT2D eigenvalue weighted by atomic mass is 10.4. The standard InChI is InChI=1S/C9H8ClN3O3S2/c1-5-4-8(17-9(5)10)18(15,16)13-6-2-3-7(14)12-11-6/h2-4H,1H3,(H,11,13)(H,12,14). The van der Waals surface area contributed by atoms with Gasteiger partial charge in [0.2, 0.25) is 0 Å². The van der Waals surface area contributed by atoms with Gasteiger partial charge in [0, 0.05) is 6.07 Å². The summed E-state index contributed by atoms with van der Waals surface area (Å²) in [4.78, 5) is 10.8. The average molecular weight is 306 g/mol. The van der Waals surface area contributed by atoms with Gasteiger partial charge in [0.15, 0.2) is 5.82 Å². The maximum atomic E-state index is 12.0. The molecule has 9 heteroatoms. The van der Waals surface area contributed by atoms with Crippen LogP contribution in [0, 0.1) is 6.92 Å². The van der Waals surface area contributed by atoms with Crippen molar-refractivity contribution in [3.05, 3.63) is 38.5 Å². The summed E-state index contributed by atoms with van der Waals surface area (Å²) < 4.78 is 26.7. The summed E-state index contributed by atoms with van der Waals surface area (Å²) in [6.45, 7) is 1.72. The molecule has 2 rings (SSSR count). The first kappa shape index (κ1) is 13.1. The van der Waals surface area contributed by atoms with E-state index in [1.54, 1.807) is 6.92 Å². The first-order valence-electron chi connectivity index (χ1n) is 4.73. The number of H-pyrrole nitrogens is 1. The maximum absolute atomic E-state index is 12.0. The van der Waals surface area contributed by atoms with Crippen LogP contribution in [-0.4, -0.2) is 18.6 Å². The van der Waals surface area contributed by atoms with Crippen molar-refractivity contribution in [2.75, 3.05) is 4.72 Å². The molecule has 2 heterocycles. The van der Waals surface area contributed by atoms with E-state index in [0.717, 1.165) is 11.3 Å². The highest BCUT2D eigenvalue weighted by molar-refractivity contribution is 7.94. The molecule has 6 nitrogen and oxygen atoms in total. The zero-order valence-corrected chi connectivity index (χ0v) is 11.5. The van der Waals surface area contributed by atoms with Gasteiger partial charge in [-0.3, -0.25) is 9.52 Å². The number of halogens is 1. The Morgan fingerprint density at radius 1 is 1.44 bits per heavy atom. The zero-order chi connectivity index (χ0) is 13.3. The van der Waals surface area contributed by atoms with E-state index in [9.17, 15) is 13.2 Å². The lowest BCUT2D eigenvalue weighted by Gasteiger charge is -2.03. The number of aromatic nitrogens is 2. The van der Waals surface area contributed by atoms with Crippen LogP contribution in [0.2, 0.25) is 4.34 Å². The summed E-state index contributed by atoms with van der Waals surface area (Å²) in [6.07, 6.45) is 0. The Labute approximate surface area is 112 Å². The zero-order valence-electron chi connectivity index (χ0n) is 9.10. The second kappa shape index (κ2) is 4.71. The van der Waals surface area contributed by atoms with Crippen LogP contribution in [0.15, 0.2) is 27.2 Å². The normalized spacial score (nSPS) is 11.4. The molecule has 0 unspecified atom stereocenters. The number of aromatic amines is 1. The fourth-order valence-corrected chi connectivity index (χ4v) is 3.86. The van der Waals surface area contributed by atoms with Gasteiger partial charge in [-0.2, -0.15) is 5.10 Å². The van der Waals surface area contributed by atoms with Crippen molar-refractivity contribution in [2.24, 2.45) is 0 Å². The highest BCUT2D eigenvalue weighted by Gasteiger charge is 2.19. The Balaban J connectivity index is 2.32. The fraction of sp³-hybridized carbons (Fsp3) is 0.111. The SMILES string of the molecule is Cc1cc(S(=O)(=O)Nc2ccc(=O)[nH]n2)sc1Cl. The summed E-state index contributed by atoms with van der Waals surface area (Å²) >= 11 is 6.78. The number of nitrogens with zero attached hydrogens (tertiary/aromatic N) is 1. The molecule has 18 heavy (non-hydrogen) atoms. The molecular weight excluding hydrogens is 298 g/mol. The minimum Gasteiger partial charge on any atom is -0.268 e. The van der Waals surface area contributed by atoms with E-state index in [1.165, 1.54) is 18.2 Å². The number of aryl methyl sites for hydroxylation is 1. The number of rotatable bonds is 3. The number of hydrogen-bond donors (Lipinski definition) is 2. The molecule has 0 fully saturated rings. The summed E-state index contributed by atoms with van der Waals surface area (Å²) in [5.74, 6) is 0.0387. The number of sulfonamides is 1. The van der Waals surface area contributed by atoms with Crippen LogP contribution in [-0.2, 0) is 10.0 Å². The van der Waals surface area contributed by atoms with E-state index in [-0.39, 0.29) is 10.0 Å². The Bertz CT molecular complexity index is 696. The smallest absolute Gasteiger partial charge is 0.268 e. The molecule has 0 radical (unpaired) electrons. The summed E-state index contributed by atoms with van der Waals surface area (Å²) in [6, 6.07) is 3.93. The van der Waals surface area contributed by atoms with Crippen molar-refractivity contribution in [1.82, 2.24) is 10.2 Å². The van der Waals surface area contributed by atoms with Gasteiger partial charge in [-0.15, -0.1) is 11.3 Å². The summed E-state index contributed by atoms with van der Waals surface area (Å²) in [7, 11) is -3.73. The van der Waals surface area contributed by atoms with Crippen LogP contribution in [0.5, 0.6) is 0 Å². The minimum atomic E-state index is -3.73. The predicted molar refractivity (Wildman–Crippen MR) is 69.7 cm³/mol. The van der Waals surface area contributed by atoms with E-state index < -0.39 is 15.6 Å². The first-order valence-corrected chi connectivity index (χ1v) is 7.41. The van der Waals surface area contributed by atoms with Gasteiger partial charge in [0.1, 0.15) is 4.21 Å². The number of thiophene rings is 1. The van der Waals surface area contributed by atoms with Crippen LogP contribution in [0.4, 0.5) is 5.82 Å². The van der Waals surface area contributed by atoms with Gasteiger partial charge < -0.3 is 0 Å². The fourth-order valence-electron chi connectivity index (χ4n) is 1.15. The monoisotopic (exact) mass is 305 g/mol. The van der Waals surface area contributed by atoms with Crippen LogP contribution < -0.4 is 10.3 Å². The van der Waals surface area contributed by atoms with Gasteiger partial charge >= 0.3 is 0 Å². The van der Waals surface area contributed by atoms with Gasteiger partial charge in [0.25, 0.3) is 15.6 Å². The van der Waals surface area contributed by atoms with Crippen LogP contribution >= 0.6 is 22.9 Å². The minimum absolute atomic E-state index is 0.0387. The number of nitrogens with one attached hydrogen (secondary N) is 2. The lowest BCUT2D eigenvalue weighted by molar-refractivity contribution is 0.603. The largest absolute Gasteiger partial charge is 0.272 e. The van der Waals surface area contributed by atoms with Crippen LogP contribution in [0.25, 0.3) is 0 Å². The van der Waals surface area contributed by atoms with E-state index in [2.05, 4.69) is 14.9 Å². The van der Waals surface area contributed by atoms with Gasteiger partial charge in [0.05, 0.1) is 4.34 Å². The predicted octanol–water partition coefficient (Wildman–Crippen LogP) is 1.59. The molecule has 2 aromatic rings. The lowest BCUT2D eigenvalue weighted by Crippen LogP contribution is -2.15. The third-order valence-electron chi connectivity index (χ3n) is 2.02. The topological polar surface area (TPSA) is 91.9 Å². The molecule has 0 atom stereocenters. The Morgan fingerprint density at radius 3 is 2.67 bits per heavy atom. The molecule has 0 bridgehead atoms. The molecule has 0 aromatic carbocycles. The molecule has 0 saturated carbocycles. The second-order valence-electron chi connectivity index (χ2n) is 3.43. The molecule has 2 N–H and O–H groups in total. The van der Waals surface area contributed by atoms with Crippen molar-refractivity contribution < 1.29 is 8.42 Å². The summed E-state index contributed by atoms with van der Waals surface area (Å²) in [5, 5.41) is 5.70. The van der Waals surface area contributed by atoms with Gasteiger partial charge in [-0.1, -0.05) is 11.6 Å². The van der Waals surface area contributed by atoms with Gasteiger partial charge in [-0.05, 0) is 24.6 Å². The second-order valence-corrected chi connectivity index (χ2v) is 7.00. The molecule has 0 amide bonds. The quantitative estimate of drug-likeness (QED) is 0.901. The molecule has 0 spiro atoms. The Hall–Kier alpha value is -1.38. The highest BCUT2D eigenvalue weighted by Crippen LogP contribution is 2.30. The van der Waals surface area contributed by atoms with Crippen molar-refractivity contribution >= 4 is 38.8 Å². The maximum Gasteiger partial charge on any atom is 0.272 e. The molecular formula is C9H8ClN3O3S2. The van der Waals surface area contributed by atoms with Crippen molar-refractivity contribution in [2.45, 2.75) is 11.1 Å². The van der Waals surface area contributed by atoms with Gasteiger partial charge in [-0.25, -0.2) is 13.5 Å². The molecule has 0 aliphatic carbocycles. The first-order chi connectivity index (χ1) is 8.38. The molecule has 96 valence electrons. The molecule has 2 aromatic heterocycles. The molecule has 0 aliphatic rings. The molecule has 0 saturated heterocycles. The van der Waals surface area contributed by atoms with E-state index in [1.807, 2.05) is 0 Å². The van der Waals surface area contributed by atoms with Crippen molar-refractivity contribution in [3.8, 4) is 0 Å². The van der Waals surface area contributed by atoms with Crippen LogP contribution in [0.3, 0.4) is 0 Å². The average Bonchev–Trinajstić information content (AvgIpc) is 2.63. The van der Waals surface area contributed by atoms with E-state index in [4.69, 9.17) is 11.6 Å². The third-order valence-corrected chi connectivity index (χ3v) is 5.40. The van der Waals surface area contributed by atoms with E-state index in [0.29, 0.717) is 9.90 Å². The highest BCUT2D eigenvalue weighted by atomic mass is 35.5. The number of anilines is 1.